The van der Waals surface area contributed by atoms with Crippen LogP contribution in [0.2, 0.25) is 0 Å². The van der Waals surface area contributed by atoms with E-state index in [1.807, 2.05) is 6.07 Å². The highest BCUT2D eigenvalue weighted by atomic mass is 19.1. The Morgan fingerprint density at radius 2 is 2.20 bits per heavy atom. The highest BCUT2D eigenvalue weighted by molar-refractivity contribution is 5.65. The molecule has 2 heteroatoms. The van der Waals surface area contributed by atoms with E-state index < -0.39 is 5.95 Å². The first-order valence-electron chi connectivity index (χ1n) is 5.58. The van der Waals surface area contributed by atoms with Crippen molar-refractivity contribution in [3.63, 3.8) is 0 Å². The lowest BCUT2D eigenvalue weighted by molar-refractivity contribution is 0.583. The summed E-state index contributed by atoms with van der Waals surface area (Å²) in [7, 11) is 0. The van der Waals surface area contributed by atoms with Crippen LogP contribution in [0.4, 0.5) is 4.39 Å². The van der Waals surface area contributed by atoms with E-state index in [-0.39, 0.29) is 0 Å². The molecule has 1 nitrogen and oxygen atoms in total. The molecule has 1 aromatic rings. The van der Waals surface area contributed by atoms with Crippen molar-refractivity contribution in [1.82, 2.24) is 4.98 Å². The Balaban J connectivity index is 2.88. The fourth-order valence-corrected chi connectivity index (χ4v) is 1.55. The Hall–Kier alpha value is -1.18. The molecule has 0 atom stereocenters. The fraction of sp³-hybridized carbons (Fsp3) is 0.462. The van der Waals surface area contributed by atoms with E-state index in [4.69, 9.17) is 0 Å². The fourth-order valence-electron chi connectivity index (χ4n) is 1.55. The lowest BCUT2D eigenvalue weighted by atomic mass is 10.0. The topological polar surface area (TPSA) is 12.9 Å². The molecule has 0 spiro atoms. The molecule has 0 radical (unpaired) electrons. The quantitative estimate of drug-likeness (QED) is 0.659. The minimum atomic E-state index is -0.397. The molecule has 0 fully saturated rings. The van der Waals surface area contributed by atoms with Crippen LogP contribution in [0.15, 0.2) is 24.4 Å². The molecule has 0 aliphatic heterocycles. The third-order valence-corrected chi connectivity index (χ3v) is 2.30. The first-order valence-corrected chi connectivity index (χ1v) is 5.58. The van der Waals surface area contributed by atoms with E-state index in [0.29, 0.717) is 0 Å². The second-order valence-corrected chi connectivity index (χ2v) is 3.64. The maximum atomic E-state index is 13.0. The Bertz CT molecular complexity index is 331. The van der Waals surface area contributed by atoms with Gasteiger partial charge in [-0.05, 0) is 30.0 Å². The number of nitrogens with zero attached hydrogens (tertiary/aromatic N) is 1. The highest BCUT2D eigenvalue weighted by Gasteiger charge is 2.01. The molecule has 1 aromatic heterocycles. The zero-order chi connectivity index (χ0) is 11.1. The number of allylic oxidation sites excluding steroid dienone is 2. The van der Waals surface area contributed by atoms with Crippen LogP contribution in [0, 0.1) is 5.95 Å². The first kappa shape index (κ1) is 11.9. The van der Waals surface area contributed by atoms with E-state index in [1.165, 1.54) is 17.8 Å². The molecular formula is C13H18FN. The summed E-state index contributed by atoms with van der Waals surface area (Å²) in [5, 5.41) is 0. The van der Waals surface area contributed by atoms with Gasteiger partial charge in [0.2, 0.25) is 5.95 Å². The zero-order valence-electron chi connectivity index (χ0n) is 9.46. The number of halogens is 1. The maximum Gasteiger partial charge on any atom is 0.213 e. The van der Waals surface area contributed by atoms with E-state index in [0.717, 1.165) is 31.2 Å². The molecule has 0 saturated heterocycles. The highest BCUT2D eigenvalue weighted by Crippen LogP contribution is 2.20. The van der Waals surface area contributed by atoms with Gasteiger partial charge in [0.15, 0.2) is 0 Å². The van der Waals surface area contributed by atoms with E-state index in [9.17, 15) is 4.39 Å². The van der Waals surface area contributed by atoms with Crippen molar-refractivity contribution in [2.45, 2.75) is 39.5 Å². The van der Waals surface area contributed by atoms with Crippen molar-refractivity contribution in [2.75, 3.05) is 0 Å². The van der Waals surface area contributed by atoms with Crippen LogP contribution in [0.3, 0.4) is 0 Å². The van der Waals surface area contributed by atoms with Crippen molar-refractivity contribution in [1.29, 1.82) is 0 Å². The van der Waals surface area contributed by atoms with Gasteiger partial charge in [-0.1, -0.05) is 32.8 Å². The minimum Gasteiger partial charge on any atom is -0.228 e. The summed E-state index contributed by atoms with van der Waals surface area (Å²) in [6.07, 6.45) is 8.00. The van der Waals surface area contributed by atoms with Gasteiger partial charge in [-0.3, -0.25) is 0 Å². The van der Waals surface area contributed by atoms with Gasteiger partial charge in [0.05, 0.1) is 0 Å². The average molecular weight is 207 g/mol. The molecule has 0 unspecified atom stereocenters. The Labute approximate surface area is 91.0 Å². The molecule has 0 saturated carbocycles. The van der Waals surface area contributed by atoms with Crippen LogP contribution in [-0.4, -0.2) is 4.98 Å². The summed E-state index contributed by atoms with van der Waals surface area (Å²) in [5.41, 5.74) is 2.21. The Kier molecular flexibility index (Phi) is 5.02. The summed E-state index contributed by atoms with van der Waals surface area (Å²) in [6.45, 7) is 4.28. The van der Waals surface area contributed by atoms with Crippen LogP contribution < -0.4 is 0 Å². The van der Waals surface area contributed by atoms with Crippen LogP contribution in [0.5, 0.6) is 0 Å². The number of hydrogen-bond acceptors (Lipinski definition) is 1. The first-order chi connectivity index (χ1) is 7.27. The third-order valence-electron chi connectivity index (χ3n) is 2.30. The normalized spacial score (nSPS) is 11.8. The summed E-state index contributed by atoms with van der Waals surface area (Å²) >= 11 is 0. The van der Waals surface area contributed by atoms with E-state index >= 15 is 0 Å². The van der Waals surface area contributed by atoms with Crippen molar-refractivity contribution < 1.29 is 4.39 Å². The molecule has 0 aromatic carbocycles. The van der Waals surface area contributed by atoms with Gasteiger partial charge in [-0.15, -0.1) is 0 Å². The molecule has 0 aliphatic rings. The van der Waals surface area contributed by atoms with E-state index in [1.54, 1.807) is 0 Å². The predicted octanol–water partition coefficient (Wildman–Crippen LogP) is 4.20. The Morgan fingerprint density at radius 3 is 2.80 bits per heavy atom. The van der Waals surface area contributed by atoms with Crippen LogP contribution in [0.1, 0.15) is 45.1 Å². The molecule has 15 heavy (non-hydrogen) atoms. The minimum absolute atomic E-state index is 0.397. The number of rotatable bonds is 5. The molecule has 0 aliphatic carbocycles. The smallest absolute Gasteiger partial charge is 0.213 e. The monoisotopic (exact) mass is 207 g/mol. The standard InChI is InChI=1S/C13H18FN/c1-3-5-7-11(6-4-2)12-8-9-15-13(14)10-12/h7-10H,3-6H2,1-2H3/b11-7+. The van der Waals surface area contributed by atoms with Crippen molar-refractivity contribution in [3.8, 4) is 0 Å². The molecule has 0 amide bonds. The number of hydrogen-bond donors (Lipinski definition) is 0. The summed E-state index contributed by atoms with van der Waals surface area (Å²) in [4.78, 5) is 3.57. The SMILES string of the molecule is CCC/C=C(\CCC)c1ccnc(F)c1. The summed E-state index contributed by atoms with van der Waals surface area (Å²) < 4.78 is 13.0. The number of unbranched alkanes of at least 4 members (excludes halogenated alkanes) is 1. The van der Waals surface area contributed by atoms with E-state index in [2.05, 4.69) is 24.9 Å². The second kappa shape index (κ2) is 6.33. The average Bonchev–Trinajstić information content (AvgIpc) is 2.24. The van der Waals surface area contributed by atoms with Gasteiger partial charge in [-0.2, -0.15) is 4.39 Å². The molecule has 1 heterocycles. The molecule has 1 rings (SSSR count). The van der Waals surface area contributed by atoms with Crippen LogP contribution >= 0.6 is 0 Å². The Morgan fingerprint density at radius 1 is 1.40 bits per heavy atom. The van der Waals surface area contributed by atoms with Gasteiger partial charge in [-0.25, -0.2) is 4.98 Å². The lowest BCUT2D eigenvalue weighted by Crippen LogP contribution is -1.89. The summed E-state index contributed by atoms with van der Waals surface area (Å²) in [6, 6.07) is 3.39. The lowest BCUT2D eigenvalue weighted by Gasteiger charge is -2.06. The predicted molar refractivity (Wildman–Crippen MR) is 62.0 cm³/mol. The third kappa shape index (κ3) is 3.82. The van der Waals surface area contributed by atoms with Crippen molar-refractivity contribution >= 4 is 5.57 Å². The zero-order valence-corrected chi connectivity index (χ0v) is 9.46. The van der Waals surface area contributed by atoms with Gasteiger partial charge in [0.25, 0.3) is 0 Å². The van der Waals surface area contributed by atoms with Gasteiger partial charge >= 0.3 is 0 Å². The van der Waals surface area contributed by atoms with Gasteiger partial charge in [0, 0.05) is 12.3 Å². The van der Waals surface area contributed by atoms with Crippen molar-refractivity contribution in [2.24, 2.45) is 0 Å². The number of pyridine rings is 1. The maximum absolute atomic E-state index is 13.0. The molecule has 82 valence electrons. The van der Waals surface area contributed by atoms with Crippen LogP contribution in [-0.2, 0) is 0 Å². The summed E-state index contributed by atoms with van der Waals surface area (Å²) in [5.74, 6) is -0.397. The van der Waals surface area contributed by atoms with Gasteiger partial charge < -0.3 is 0 Å². The van der Waals surface area contributed by atoms with Crippen LogP contribution in [0.25, 0.3) is 5.57 Å². The second-order valence-electron chi connectivity index (χ2n) is 3.64. The number of aromatic nitrogens is 1. The largest absolute Gasteiger partial charge is 0.228 e. The molecule has 0 bridgehead atoms. The molecule has 0 N–H and O–H groups in total. The molecular weight excluding hydrogens is 189 g/mol. The van der Waals surface area contributed by atoms with Crippen molar-refractivity contribution in [3.05, 3.63) is 35.9 Å². The van der Waals surface area contributed by atoms with Gasteiger partial charge in [0.1, 0.15) is 0 Å².